The van der Waals surface area contributed by atoms with E-state index in [0.717, 1.165) is 19.5 Å². The highest BCUT2D eigenvalue weighted by atomic mass is 16.4. The Balaban J connectivity index is 3.46. The average molecular weight is 468 g/mol. The van der Waals surface area contributed by atoms with Crippen molar-refractivity contribution in [3.05, 3.63) is 12.2 Å². The summed E-state index contributed by atoms with van der Waals surface area (Å²) >= 11 is 0. The maximum Gasteiger partial charge on any atom is 0.359 e. The number of likely N-dealkylation sites (N-methyl/N-ethyl adjacent to an activating group) is 1. The van der Waals surface area contributed by atoms with Gasteiger partial charge in [-0.1, -0.05) is 96.6 Å². The van der Waals surface area contributed by atoms with Crippen molar-refractivity contribution in [3.63, 3.8) is 0 Å². The molecule has 0 rings (SSSR count). The molecule has 0 aromatic carbocycles. The summed E-state index contributed by atoms with van der Waals surface area (Å²) in [6.07, 6.45) is 28.8. The molecule has 0 radical (unpaired) electrons. The summed E-state index contributed by atoms with van der Waals surface area (Å²) in [6.45, 7) is 6.65. The Hall–Kier alpha value is -0.870. The molecule has 0 bridgehead atoms. The van der Waals surface area contributed by atoms with Gasteiger partial charge in [-0.05, 0) is 38.5 Å². The summed E-state index contributed by atoms with van der Waals surface area (Å²) in [6, 6.07) is 0.614. The lowest BCUT2D eigenvalue weighted by molar-refractivity contribution is -0.883. The SMILES string of the molecule is CCCCCCCCC=CCCCCCCCCCC(CC)NCCC[N+](C)(C)CC(=O)O. The highest BCUT2D eigenvalue weighted by Crippen LogP contribution is 2.13. The fourth-order valence-corrected chi connectivity index (χ4v) is 4.52. The highest BCUT2D eigenvalue weighted by molar-refractivity contribution is 5.67. The number of unbranched alkanes of at least 4 members (excludes halogenated alkanes) is 13. The summed E-state index contributed by atoms with van der Waals surface area (Å²) < 4.78 is 0.559. The number of rotatable bonds is 25. The topological polar surface area (TPSA) is 49.3 Å². The van der Waals surface area contributed by atoms with Crippen LogP contribution in [0.15, 0.2) is 12.2 Å². The van der Waals surface area contributed by atoms with Crippen LogP contribution in [0.5, 0.6) is 0 Å². The van der Waals surface area contributed by atoms with E-state index < -0.39 is 5.97 Å². The van der Waals surface area contributed by atoms with Crippen LogP contribution in [0.2, 0.25) is 0 Å². The maximum atomic E-state index is 10.9. The maximum absolute atomic E-state index is 10.9. The largest absolute Gasteiger partial charge is 0.477 e. The lowest BCUT2D eigenvalue weighted by Gasteiger charge is -2.28. The van der Waals surface area contributed by atoms with Gasteiger partial charge in [0, 0.05) is 19.0 Å². The van der Waals surface area contributed by atoms with Crippen molar-refractivity contribution in [3.8, 4) is 0 Å². The number of nitrogens with one attached hydrogen (secondary N) is 1. The lowest BCUT2D eigenvalue weighted by atomic mass is 10.0. The molecule has 0 aliphatic rings. The molecule has 0 aliphatic heterocycles. The molecular weight excluding hydrogens is 408 g/mol. The highest BCUT2D eigenvalue weighted by Gasteiger charge is 2.18. The number of carbonyl (C=O) groups is 1. The van der Waals surface area contributed by atoms with E-state index >= 15 is 0 Å². The second-order valence-corrected chi connectivity index (χ2v) is 10.7. The van der Waals surface area contributed by atoms with Gasteiger partial charge in [-0.25, -0.2) is 4.79 Å². The Bertz CT molecular complexity index is 463. The number of carboxylic acids is 1. The van der Waals surface area contributed by atoms with Crippen molar-refractivity contribution in [2.75, 3.05) is 33.7 Å². The summed E-state index contributed by atoms with van der Waals surface area (Å²) in [5, 5.41) is 12.7. The van der Waals surface area contributed by atoms with Crippen LogP contribution >= 0.6 is 0 Å². The Morgan fingerprint density at radius 1 is 0.788 bits per heavy atom. The van der Waals surface area contributed by atoms with E-state index in [-0.39, 0.29) is 6.54 Å². The van der Waals surface area contributed by atoms with Crippen molar-refractivity contribution in [1.29, 1.82) is 0 Å². The molecule has 4 nitrogen and oxygen atoms in total. The normalized spacial score (nSPS) is 13.1. The number of aliphatic carboxylic acids is 1. The van der Waals surface area contributed by atoms with Crippen LogP contribution in [0.1, 0.15) is 129 Å². The molecule has 0 amide bonds. The van der Waals surface area contributed by atoms with Gasteiger partial charge in [0.1, 0.15) is 0 Å². The fourth-order valence-electron chi connectivity index (χ4n) is 4.52. The third-order valence-electron chi connectivity index (χ3n) is 6.74. The van der Waals surface area contributed by atoms with Crippen LogP contribution in [-0.4, -0.2) is 55.3 Å². The number of hydrogen-bond acceptors (Lipinski definition) is 2. The second kappa shape index (κ2) is 22.9. The molecule has 196 valence electrons. The van der Waals surface area contributed by atoms with Gasteiger partial charge in [0.05, 0.1) is 20.6 Å². The first-order chi connectivity index (χ1) is 15.9. The van der Waals surface area contributed by atoms with E-state index in [4.69, 9.17) is 5.11 Å². The molecule has 1 unspecified atom stereocenters. The van der Waals surface area contributed by atoms with Gasteiger partial charge >= 0.3 is 5.97 Å². The Morgan fingerprint density at radius 3 is 1.82 bits per heavy atom. The molecule has 0 spiro atoms. The average Bonchev–Trinajstić information content (AvgIpc) is 2.76. The number of allylic oxidation sites excluding steroid dienone is 2. The van der Waals surface area contributed by atoms with E-state index in [2.05, 4.69) is 31.3 Å². The smallest absolute Gasteiger partial charge is 0.359 e. The number of carboxylic acid groups (broad SMARTS) is 1. The first-order valence-corrected chi connectivity index (χ1v) is 14.3. The second-order valence-electron chi connectivity index (χ2n) is 10.7. The zero-order chi connectivity index (χ0) is 24.6. The number of quaternary nitrogens is 1. The molecule has 0 heterocycles. The minimum absolute atomic E-state index is 0.202. The molecule has 0 aromatic rings. The van der Waals surface area contributed by atoms with Gasteiger partial charge in [0.25, 0.3) is 0 Å². The number of hydrogen-bond donors (Lipinski definition) is 2. The Morgan fingerprint density at radius 2 is 1.30 bits per heavy atom. The van der Waals surface area contributed by atoms with Crippen LogP contribution in [0.4, 0.5) is 0 Å². The summed E-state index contributed by atoms with van der Waals surface area (Å²) in [5.74, 6) is -0.713. The van der Waals surface area contributed by atoms with E-state index in [1.807, 2.05) is 14.1 Å². The van der Waals surface area contributed by atoms with E-state index in [1.54, 1.807) is 0 Å². The molecule has 0 saturated carbocycles. The van der Waals surface area contributed by atoms with Crippen LogP contribution in [0.25, 0.3) is 0 Å². The first kappa shape index (κ1) is 32.1. The van der Waals surface area contributed by atoms with Crippen molar-refractivity contribution < 1.29 is 14.4 Å². The monoisotopic (exact) mass is 467 g/mol. The van der Waals surface area contributed by atoms with Crippen molar-refractivity contribution in [2.45, 2.75) is 135 Å². The van der Waals surface area contributed by atoms with Gasteiger partial charge in [0.15, 0.2) is 6.54 Å². The fraction of sp³-hybridized carbons (Fsp3) is 0.897. The summed E-state index contributed by atoms with van der Waals surface area (Å²) in [7, 11) is 4.00. The number of nitrogens with zero attached hydrogens (tertiary/aromatic N) is 1. The molecule has 0 saturated heterocycles. The molecule has 0 aromatic heterocycles. The molecular formula is C29H59N2O2+. The zero-order valence-corrected chi connectivity index (χ0v) is 22.9. The Labute approximate surface area is 207 Å². The van der Waals surface area contributed by atoms with Crippen LogP contribution in [0.3, 0.4) is 0 Å². The third-order valence-corrected chi connectivity index (χ3v) is 6.74. The Kier molecular flexibility index (Phi) is 22.3. The predicted octanol–water partition coefficient (Wildman–Crippen LogP) is 7.72. The lowest BCUT2D eigenvalue weighted by Crippen LogP contribution is -2.45. The first-order valence-electron chi connectivity index (χ1n) is 14.3. The molecule has 33 heavy (non-hydrogen) atoms. The predicted molar refractivity (Wildman–Crippen MR) is 145 cm³/mol. The molecule has 4 heteroatoms. The standard InChI is InChI=1S/C29H58N2O2/c1-5-7-8-9-10-11-12-13-14-15-16-17-18-19-20-21-22-24-28(6-2)30-25-23-26-31(3,4)27-29(32)33/h13-14,28,30H,5-12,15-27H2,1-4H3/p+1. The van der Waals surface area contributed by atoms with E-state index in [9.17, 15) is 4.79 Å². The molecule has 1 atom stereocenters. The van der Waals surface area contributed by atoms with Gasteiger partial charge in [-0.15, -0.1) is 0 Å². The minimum atomic E-state index is -0.713. The summed E-state index contributed by atoms with van der Waals surface area (Å²) in [5.41, 5.74) is 0. The van der Waals surface area contributed by atoms with Crippen LogP contribution in [-0.2, 0) is 4.79 Å². The van der Waals surface area contributed by atoms with Crippen molar-refractivity contribution >= 4 is 5.97 Å². The quantitative estimate of drug-likeness (QED) is 0.0820. The zero-order valence-electron chi connectivity index (χ0n) is 22.9. The van der Waals surface area contributed by atoms with Crippen molar-refractivity contribution in [2.24, 2.45) is 0 Å². The third kappa shape index (κ3) is 24.1. The van der Waals surface area contributed by atoms with Gasteiger partial charge in [0.2, 0.25) is 0 Å². The molecule has 2 N–H and O–H groups in total. The molecule has 0 fully saturated rings. The van der Waals surface area contributed by atoms with E-state index in [1.165, 1.54) is 109 Å². The molecule has 0 aliphatic carbocycles. The van der Waals surface area contributed by atoms with Gasteiger partial charge < -0.3 is 14.9 Å². The van der Waals surface area contributed by atoms with Crippen LogP contribution in [0, 0.1) is 0 Å². The van der Waals surface area contributed by atoms with Gasteiger partial charge in [-0.3, -0.25) is 0 Å². The van der Waals surface area contributed by atoms with Crippen LogP contribution < -0.4 is 5.32 Å². The van der Waals surface area contributed by atoms with Gasteiger partial charge in [-0.2, -0.15) is 0 Å². The van der Waals surface area contributed by atoms with Crippen molar-refractivity contribution in [1.82, 2.24) is 5.32 Å². The minimum Gasteiger partial charge on any atom is -0.477 e. The van der Waals surface area contributed by atoms with E-state index in [0.29, 0.717) is 10.5 Å². The summed E-state index contributed by atoms with van der Waals surface area (Å²) in [4.78, 5) is 10.9.